The maximum atomic E-state index is 4.55. The van der Waals surface area contributed by atoms with Crippen molar-refractivity contribution in [2.45, 2.75) is 31.8 Å². The van der Waals surface area contributed by atoms with Crippen LogP contribution in [0.5, 0.6) is 0 Å². The van der Waals surface area contributed by atoms with Crippen LogP contribution in [0, 0.1) is 0 Å². The molecule has 1 aliphatic heterocycles. The van der Waals surface area contributed by atoms with Crippen molar-refractivity contribution in [1.29, 1.82) is 0 Å². The number of likely N-dealkylation sites (tertiary alicyclic amines) is 1. The van der Waals surface area contributed by atoms with Crippen molar-refractivity contribution < 1.29 is 0 Å². The Morgan fingerprint density at radius 2 is 1.84 bits per heavy atom. The summed E-state index contributed by atoms with van der Waals surface area (Å²) in [5.74, 6) is 0. The molecule has 19 heavy (non-hydrogen) atoms. The zero-order valence-corrected chi connectivity index (χ0v) is 11.2. The number of pyridine rings is 1. The average Bonchev–Trinajstić information content (AvgIpc) is 2.50. The van der Waals surface area contributed by atoms with Crippen molar-refractivity contribution in [2.24, 2.45) is 0 Å². The monoisotopic (exact) mass is 252 g/mol. The van der Waals surface area contributed by atoms with Gasteiger partial charge in [0.1, 0.15) is 0 Å². The standard InChI is InChI=1S/C17H20N2/c1-2-8-15(9-3-1)14-19-13-7-5-11-17(19)16-10-4-6-12-18-16/h1-4,6,8-10,12,17H,5,7,11,13-14H2/t17-/m1/s1. The van der Waals surface area contributed by atoms with Crippen LogP contribution in [0.1, 0.15) is 36.6 Å². The summed E-state index contributed by atoms with van der Waals surface area (Å²) in [6.45, 7) is 2.21. The zero-order valence-electron chi connectivity index (χ0n) is 11.2. The van der Waals surface area contributed by atoms with Gasteiger partial charge in [0.2, 0.25) is 0 Å². The number of hydrogen-bond donors (Lipinski definition) is 0. The molecule has 0 bridgehead atoms. The molecule has 1 aromatic carbocycles. The smallest absolute Gasteiger partial charge is 0.0575 e. The van der Waals surface area contributed by atoms with E-state index >= 15 is 0 Å². The van der Waals surface area contributed by atoms with E-state index in [1.807, 2.05) is 12.3 Å². The van der Waals surface area contributed by atoms with Gasteiger partial charge in [0, 0.05) is 12.7 Å². The lowest BCUT2D eigenvalue weighted by molar-refractivity contribution is 0.137. The van der Waals surface area contributed by atoms with Gasteiger partial charge in [-0.1, -0.05) is 42.8 Å². The maximum Gasteiger partial charge on any atom is 0.0575 e. The van der Waals surface area contributed by atoms with E-state index in [9.17, 15) is 0 Å². The third-order valence-electron chi connectivity index (χ3n) is 3.87. The normalized spacial score (nSPS) is 20.3. The van der Waals surface area contributed by atoms with Crippen molar-refractivity contribution in [3.8, 4) is 0 Å². The lowest BCUT2D eigenvalue weighted by atomic mass is 9.98. The molecule has 2 aromatic rings. The molecule has 2 nitrogen and oxygen atoms in total. The second-order valence-corrected chi connectivity index (χ2v) is 5.22. The number of rotatable bonds is 3. The van der Waals surface area contributed by atoms with Crippen LogP contribution in [-0.2, 0) is 6.54 Å². The van der Waals surface area contributed by atoms with Gasteiger partial charge >= 0.3 is 0 Å². The van der Waals surface area contributed by atoms with Crippen LogP contribution < -0.4 is 0 Å². The Morgan fingerprint density at radius 3 is 2.63 bits per heavy atom. The van der Waals surface area contributed by atoms with Gasteiger partial charge < -0.3 is 0 Å². The summed E-state index contributed by atoms with van der Waals surface area (Å²) in [6, 6.07) is 17.5. The van der Waals surface area contributed by atoms with E-state index < -0.39 is 0 Å². The number of piperidine rings is 1. The van der Waals surface area contributed by atoms with Crippen LogP contribution in [0.15, 0.2) is 54.7 Å². The molecule has 0 amide bonds. The second-order valence-electron chi connectivity index (χ2n) is 5.22. The van der Waals surface area contributed by atoms with E-state index in [2.05, 4.69) is 52.3 Å². The van der Waals surface area contributed by atoms with Crippen molar-refractivity contribution >= 4 is 0 Å². The summed E-state index contributed by atoms with van der Waals surface area (Å²) in [5.41, 5.74) is 2.61. The number of nitrogens with zero attached hydrogens (tertiary/aromatic N) is 2. The zero-order chi connectivity index (χ0) is 12.9. The topological polar surface area (TPSA) is 16.1 Å². The molecule has 3 rings (SSSR count). The van der Waals surface area contributed by atoms with Gasteiger partial charge in [-0.05, 0) is 37.1 Å². The average molecular weight is 252 g/mol. The third kappa shape index (κ3) is 3.02. The van der Waals surface area contributed by atoms with Crippen molar-refractivity contribution in [1.82, 2.24) is 9.88 Å². The quantitative estimate of drug-likeness (QED) is 0.825. The fourth-order valence-corrected chi connectivity index (χ4v) is 2.91. The summed E-state index contributed by atoms with van der Waals surface area (Å²) >= 11 is 0. The molecular formula is C17H20N2. The Hall–Kier alpha value is -1.67. The summed E-state index contributed by atoms with van der Waals surface area (Å²) in [4.78, 5) is 7.12. The summed E-state index contributed by atoms with van der Waals surface area (Å²) in [5, 5.41) is 0. The van der Waals surface area contributed by atoms with Crippen molar-refractivity contribution in [3.63, 3.8) is 0 Å². The van der Waals surface area contributed by atoms with Crippen LogP contribution in [0.25, 0.3) is 0 Å². The van der Waals surface area contributed by atoms with Crippen LogP contribution in [0.3, 0.4) is 0 Å². The molecule has 1 aliphatic rings. The van der Waals surface area contributed by atoms with Gasteiger partial charge in [-0.15, -0.1) is 0 Å². The Bertz CT molecular complexity index is 495. The van der Waals surface area contributed by atoms with Gasteiger partial charge in [0.25, 0.3) is 0 Å². The van der Waals surface area contributed by atoms with Gasteiger partial charge in [-0.3, -0.25) is 9.88 Å². The third-order valence-corrected chi connectivity index (χ3v) is 3.87. The molecule has 0 radical (unpaired) electrons. The fraction of sp³-hybridized carbons (Fsp3) is 0.353. The van der Waals surface area contributed by atoms with Crippen LogP contribution in [0.2, 0.25) is 0 Å². The highest BCUT2D eigenvalue weighted by Gasteiger charge is 2.24. The molecule has 1 atom stereocenters. The van der Waals surface area contributed by atoms with Gasteiger partial charge in [-0.25, -0.2) is 0 Å². The van der Waals surface area contributed by atoms with E-state index in [-0.39, 0.29) is 0 Å². The Morgan fingerprint density at radius 1 is 1.00 bits per heavy atom. The predicted molar refractivity (Wildman–Crippen MR) is 77.7 cm³/mol. The van der Waals surface area contributed by atoms with Gasteiger partial charge in [-0.2, -0.15) is 0 Å². The molecule has 1 aromatic heterocycles. The minimum Gasteiger partial charge on any atom is -0.291 e. The van der Waals surface area contributed by atoms with E-state index in [0.29, 0.717) is 6.04 Å². The molecule has 98 valence electrons. The summed E-state index contributed by atoms with van der Waals surface area (Å²) in [6.07, 6.45) is 5.75. The first-order valence-electron chi connectivity index (χ1n) is 7.12. The molecule has 2 heteroatoms. The molecule has 2 heterocycles. The molecule has 0 spiro atoms. The van der Waals surface area contributed by atoms with Gasteiger partial charge in [0.05, 0.1) is 11.7 Å². The first-order valence-corrected chi connectivity index (χ1v) is 7.12. The maximum absolute atomic E-state index is 4.55. The SMILES string of the molecule is c1ccc(CN2CCCC[C@@H]2c2ccccn2)cc1. The van der Waals surface area contributed by atoms with Crippen molar-refractivity contribution in [2.75, 3.05) is 6.54 Å². The highest BCUT2D eigenvalue weighted by Crippen LogP contribution is 2.30. The second kappa shape index (κ2) is 5.98. The highest BCUT2D eigenvalue weighted by molar-refractivity contribution is 5.16. The Labute approximate surface area is 115 Å². The van der Waals surface area contributed by atoms with E-state index in [0.717, 1.165) is 6.54 Å². The minimum absolute atomic E-state index is 0.482. The van der Waals surface area contributed by atoms with Crippen LogP contribution in [-0.4, -0.2) is 16.4 Å². The molecule has 1 saturated heterocycles. The first kappa shape index (κ1) is 12.4. The van der Waals surface area contributed by atoms with E-state index in [1.165, 1.54) is 37.1 Å². The number of benzene rings is 1. The Kier molecular flexibility index (Phi) is 3.89. The lowest BCUT2D eigenvalue weighted by Gasteiger charge is -2.35. The number of hydrogen-bond acceptors (Lipinski definition) is 2. The minimum atomic E-state index is 0.482. The largest absolute Gasteiger partial charge is 0.291 e. The number of aromatic nitrogens is 1. The molecular weight excluding hydrogens is 232 g/mol. The van der Waals surface area contributed by atoms with Crippen molar-refractivity contribution in [3.05, 3.63) is 66.0 Å². The molecule has 0 saturated carbocycles. The summed E-state index contributed by atoms with van der Waals surface area (Å²) < 4.78 is 0. The first-order chi connectivity index (χ1) is 9.43. The van der Waals surface area contributed by atoms with Gasteiger partial charge in [0.15, 0.2) is 0 Å². The van der Waals surface area contributed by atoms with Crippen LogP contribution >= 0.6 is 0 Å². The molecule has 1 fully saturated rings. The predicted octanol–water partition coefficient (Wildman–Crippen LogP) is 3.81. The lowest BCUT2D eigenvalue weighted by Crippen LogP contribution is -2.33. The van der Waals surface area contributed by atoms with E-state index in [1.54, 1.807) is 0 Å². The van der Waals surface area contributed by atoms with E-state index in [4.69, 9.17) is 0 Å². The summed E-state index contributed by atoms with van der Waals surface area (Å²) in [7, 11) is 0. The highest BCUT2D eigenvalue weighted by atomic mass is 15.2. The van der Waals surface area contributed by atoms with Crippen LogP contribution in [0.4, 0.5) is 0 Å². The fourth-order valence-electron chi connectivity index (χ4n) is 2.91. The molecule has 0 unspecified atom stereocenters. The molecule has 0 N–H and O–H groups in total. The molecule has 0 aliphatic carbocycles. The Balaban J connectivity index is 1.78.